The van der Waals surface area contributed by atoms with Crippen LogP contribution in [-0.4, -0.2) is 50.3 Å². The van der Waals surface area contributed by atoms with Crippen LogP contribution in [0, 0.1) is 0 Å². The second kappa shape index (κ2) is 7.85. The van der Waals surface area contributed by atoms with Crippen LogP contribution in [0.25, 0.3) is 10.8 Å². The van der Waals surface area contributed by atoms with Gasteiger partial charge in [-0.25, -0.2) is 8.42 Å². The van der Waals surface area contributed by atoms with Crippen LogP contribution in [0.3, 0.4) is 0 Å². The molecule has 3 rings (SSSR count). The Labute approximate surface area is 151 Å². The first-order chi connectivity index (χ1) is 12.0. The molecule has 0 N–H and O–H groups in total. The van der Waals surface area contributed by atoms with Crippen LogP contribution in [0.15, 0.2) is 47.4 Å². The maximum Gasteiger partial charge on any atom is 0.243 e. The van der Waals surface area contributed by atoms with E-state index < -0.39 is 10.0 Å². The maximum atomic E-state index is 13.3. The molecule has 4 nitrogen and oxygen atoms in total. The van der Waals surface area contributed by atoms with Gasteiger partial charge in [-0.2, -0.15) is 4.31 Å². The van der Waals surface area contributed by atoms with E-state index in [2.05, 4.69) is 11.8 Å². The predicted octanol–water partition coefficient (Wildman–Crippen LogP) is 3.72. The molecule has 0 bridgehead atoms. The fraction of sp³-hybridized carbons (Fsp3) is 0.500. The third-order valence-corrected chi connectivity index (χ3v) is 7.28. The largest absolute Gasteiger partial charge is 0.302 e. The first kappa shape index (κ1) is 18.4. The fourth-order valence-corrected chi connectivity index (χ4v) is 5.35. The second-order valence-electron chi connectivity index (χ2n) is 6.92. The van der Waals surface area contributed by atoms with Crippen LogP contribution in [0.5, 0.6) is 0 Å². The Morgan fingerprint density at radius 2 is 1.72 bits per heavy atom. The van der Waals surface area contributed by atoms with Crippen molar-refractivity contribution in [2.75, 3.05) is 26.7 Å². The van der Waals surface area contributed by atoms with Gasteiger partial charge in [0, 0.05) is 25.0 Å². The number of sulfonamides is 1. The van der Waals surface area contributed by atoms with Gasteiger partial charge in [-0.15, -0.1) is 0 Å². The molecule has 0 aliphatic carbocycles. The first-order valence-electron chi connectivity index (χ1n) is 9.22. The van der Waals surface area contributed by atoms with Gasteiger partial charge in [0.25, 0.3) is 0 Å². The molecule has 1 aliphatic rings. The summed E-state index contributed by atoms with van der Waals surface area (Å²) in [6.45, 7) is 5.05. The van der Waals surface area contributed by atoms with Crippen LogP contribution in [-0.2, 0) is 10.0 Å². The van der Waals surface area contributed by atoms with Crippen LogP contribution < -0.4 is 0 Å². The zero-order valence-corrected chi connectivity index (χ0v) is 16.0. The molecule has 1 atom stereocenters. The summed E-state index contributed by atoms with van der Waals surface area (Å²) >= 11 is 0. The third-order valence-electron chi connectivity index (χ3n) is 5.31. The highest BCUT2D eigenvalue weighted by molar-refractivity contribution is 7.89. The first-order valence-corrected chi connectivity index (χ1v) is 10.7. The minimum Gasteiger partial charge on any atom is -0.302 e. The summed E-state index contributed by atoms with van der Waals surface area (Å²) in [5, 5.41) is 1.76. The quantitative estimate of drug-likeness (QED) is 0.788. The molecule has 136 valence electrons. The Morgan fingerprint density at radius 1 is 1.04 bits per heavy atom. The molecule has 1 aliphatic heterocycles. The molecular weight excluding hydrogens is 332 g/mol. The lowest BCUT2D eigenvalue weighted by Crippen LogP contribution is -2.45. The van der Waals surface area contributed by atoms with Crippen molar-refractivity contribution < 1.29 is 8.42 Å². The molecule has 0 radical (unpaired) electrons. The van der Waals surface area contributed by atoms with Gasteiger partial charge < -0.3 is 4.90 Å². The van der Waals surface area contributed by atoms with Crippen LogP contribution in [0.4, 0.5) is 0 Å². The lowest BCUT2D eigenvalue weighted by Gasteiger charge is -2.34. The van der Waals surface area contributed by atoms with Gasteiger partial charge in [0.2, 0.25) is 10.0 Å². The predicted molar refractivity (Wildman–Crippen MR) is 103 cm³/mol. The Balaban J connectivity index is 1.88. The van der Waals surface area contributed by atoms with E-state index in [0.29, 0.717) is 4.90 Å². The SMILES string of the molecule is CCC(CN1CCCCC1)N(C)S(=O)(=O)c1cccc2ccccc12. The Bertz CT molecular complexity index is 808. The Kier molecular flexibility index (Phi) is 5.77. The molecule has 0 aromatic heterocycles. The number of benzene rings is 2. The molecule has 0 amide bonds. The second-order valence-corrected chi connectivity index (χ2v) is 8.89. The summed E-state index contributed by atoms with van der Waals surface area (Å²) in [5.41, 5.74) is 0. The number of nitrogens with zero attached hydrogens (tertiary/aromatic N) is 2. The lowest BCUT2D eigenvalue weighted by atomic mass is 10.1. The van der Waals surface area contributed by atoms with Gasteiger partial charge in [-0.3, -0.25) is 0 Å². The molecule has 1 heterocycles. The lowest BCUT2D eigenvalue weighted by molar-refractivity contribution is 0.180. The van der Waals surface area contributed by atoms with Crippen LogP contribution in [0.1, 0.15) is 32.6 Å². The number of hydrogen-bond acceptors (Lipinski definition) is 3. The van der Waals surface area contributed by atoms with Gasteiger partial charge >= 0.3 is 0 Å². The summed E-state index contributed by atoms with van der Waals surface area (Å²) in [4.78, 5) is 2.82. The van der Waals surface area contributed by atoms with Gasteiger partial charge in [-0.1, -0.05) is 49.7 Å². The van der Waals surface area contributed by atoms with E-state index in [9.17, 15) is 8.42 Å². The van der Waals surface area contributed by atoms with Crippen molar-refractivity contribution in [2.45, 2.75) is 43.5 Å². The van der Waals surface area contributed by atoms with E-state index >= 15 is 0 Å². The fourth-order valence-electron chi connectivity index (χ4n) is 3.71. The molecule has 5 heteroatoms. The topological polar surface area (TPSA) is 40.6 Å². The molecule has 2 aromatic carbocycles. The van der Waals surface area contributed by atoms with Crippen molar-refractivity contribution in [2.24, 2.45) is 0 Å². The van der Waals surface area contributed by atoms with E-state index in [-0.39, 0.29) is 6.04 Å². The van der Waals surface area contributed by atoms with Crippen molar-refractivity contribution in [3.8, 4) is 0 Å². The van der Waals surface area contributed by atoms with Crippen molar-refractivity contribution in [3.05, 3.63) is 42.5 Å². The number of piperidine rings is 1. The monoisotopic (exact) mass is 360 g/mol. The van der Waals surface area contributed by atoms with Gasteiger partial charge in [0.15, 0.2) is 0 Å². The standard InChI is InChI=1S/C20H28N2O2S/c1-3-18(16-22-14-7-4-8-15-22)21(2)25(23,24)20-13-9-11-17-10-5-6-12-19(17)20/h5-6,9-13,18H,3-4,7-8,14-16H2,1-2H3. The smallest absolute Gasteiger partial charge is 0.243 e. The van der Waals surface area contributed by atoms with E-state index in [1.165, 1.54) is 19.3 Å². The van der Waals surface area contributed by atoms with Crippen LogP contribution >= 0.6 is 0 Å². The maximum absolute atomic E-state index is 13.3. The zero-order chi connectivity index (χ0) is 17.9. The molecular formula is C20H28N2O2S. The summed E-state index contributed by atoms with van der Waals surface area (Å²) in [6.07, 6.45) is 4.54. The third kappa shape index (κ3) is 3.89. The molecule has 0 saturated carbocycles. The van der Waals surface area contributed by atoms with Crippen LogP contribution in [0.2, 0.25) is 0 Å². The molecule has 0 spiro atoms. The van der Waals surface area contributed by atoms with Crippen molar-refractivity contribution >= 4 is 20.8 Å². The molecule has 1 fully saturated rings. The summed E-state index contributed by atoms with van der Waals surface area (Å²) < 4.78 is 28.2. The van der Waals surface area contributed by atoms with Gasteiger partial charge in [0.05, 0.1) is 4.90 Å². The molecule has 2 aromatic rings. The highest BCUT2D eigenvalue weighted by atomic mass is 32.2. The summed E-state index contributed by atoms with van der Waals surface area (Å²) in [7, 11) is -1.79. The van der Waals surface area contributed by atoms with E-state index in [0.717, 1.165) is 36.8 Å². The highest BCUT2D eigenvalue weighted by Gasteiger charge is 2.29. The Morgan fingerprint density at radius 3 is 2.44 bits per heavy atom. The Hall–Kier alpha value is -1.43. The van der Waals surface area contributed by atoms with E-state index in [4.69, 9.17) is 0 Å². The average molecular weight is 361 g/mol. The zero-order valence-electron chi connectivity index (χ0n) is 15.2. The van der Waals surface area contributed by atoms with Crippen molar-refractivity contribution in [1.29, 1.82) is 0 Å². The minimum atomic E-state index is -3.52. The van der Waals surface area contributed by atoms with Crippen molar-refractivity contribution in [3.63, 3.8) is 0 Å². The molecule has 1 unspecified atom stereocenters. The average Bonchev–Trinajstić information content (AvgIpc) is 2.65. The van der Waals surface area contributed by atoms with Gasteiger partial charge in [-0.05, 0) is 43.8 Å². The van der Waals surface area contributed by atoms with Crippen molar-refractivity contribution in [1.82, 2.24) is 9.21 Å². The highest BCUT2D eigenvalue weighted by Crippen LogP contribution is 2.27. The number of hydrogen-bond donors (Lipinski definition) is 0. The number of likely N-dealkylation sites (tertiary alicyclic amines) is 1. The number of fused-ring (bicyclic) bond motifs is 1. The minimum absolute atomic E-state index is 0.00192. The summed E-state index contributed by atoms with van der Waals surface area (Å²) in [5.74, 6) is 0. The number of likely N-dealkylation sites (N-methyl/N-ethyl adjacent to an activating group) is 1. The van der Waals surface area contributed by atoms with E-state index in [1.807, 2.05) is 36.4 Å². The number of rotatable bonds is 6. The normalized spacial score (nSPS) is 17.9. The summed E-state index contributed by atoms with van der Waals surface area (Å²) in [6, 6.07) is 13.2. The van der Waals surface area contributed by atoms with E-state index in [1.54, 1.807) is 17.4 Å². The van der Waals surface area contributed by atoms with Gasteiger partial charge in [0.1, 0.15) is 0 Å². The molecule has 1 saturated heterocycles. The molecule has 25 heavy (non-hydrogen) atoms.